The van der Waals surface area contributed by atoms with Gasteiger partial charge in [0.05, 0.1) is 6.07 Å². The molecule has 1 N–H and O–H groups in total. The summed E-state index contributed by atoms with van der Waals surface area (Å²) in [5.74, 6) is 0.551. The molecule has 0 amide bonds. The van der Waals surface area contributed by atoms with Gasteiger partial charge in [-0.15, -0.1) is 0 Å². The Morgan fingerprint density at radius 3 is 2.43 bits per heavy atom. The summed E-state index contributed by atoms with van der Waals surface area (Å²) in [6.45, 7) is 3.80. The van der Waals surface area contributed by atoms with Gasteiger partial charge in [0.15, 0.2) is 0 Å². The van der Waals surface area contributed by atoms with Crippen LogP contribution in [0.4, 0.5) is 0 Å². The Hall–Kier alpha value is -0.590. The van der Waals surface area contributed by atoms with E-state index in [0.29, 0.717) is 5.92 Å². The largest absolute Gasteiger partial charge is 0.303 e. The average molecular weight is 289 g/mol. The van der Waals surface area contributed by atoms with E-state index in [2.05, 4.69) is 16.3 Å². The third kappa shape index (κ3) is 2.98. The molecule has 0 radical (unpaired) electrons. The maximum Gasteiger partial charge on any atom is 0.109 e. The van der Waals surface area contributed by atoms with E-state index in [9.17, 15) is 5.26 Å². The van der Waals surface area contributed by atoms with Crippen LogP contribution < -0.4 is 5.32 Å². The van der Waals surface area contributed by atoms with Gasteiger partial charge in [0.1, 0.15) is 5.54 Å². The van der Waals surface area contributed by atoms with E-state index < -0.39 is 0 Å². The van der Waals surface area contributed by atoms with Crippen molar-refractivity contribution in [3.8, 4) is 6.07 Å². The van der Waals surface area contributed by atoms with E-state index in [1.165, 1.54) is 77.4 Å². The third-order valence-electron chi connectivity index (χ3n) is 6.84. The molecule has 118 valence electrons. The van der Waals surface area contributed by atoms with Crippen molar-refractivity contribution >= 4 is 0 Å². The summed E-state index contributed by atoms with van der Waals surface area (Å²) >= 11 is 0. The van der Waals surface area contributed by atoms with Gasteiger partial charge in [0.25, 0.3) is 0 Å². The molecule has 0 bridgehead atoms. The van der Waals surface area contributed by atoms with Crippen molar-refractivity contribution in [3.05, 3.63) is 0 Å². The number of piperidine rings is 1. The second-order valence-corrected chi connectivity index (χ2v) is 7.76. The van der Waals surface area contributed by atoms with E-state index in [0.717, 1.165) is 11.8 Å². The molecule has 3 aliphatic rings. The Morgan fingerprint density at radius 2 is 1.81 bits per heavy atom. The van der Waals surface area contributed by atoms with Crippen molar-refractivity contribution in [1.82, 2.24) is 10.2 Å². The van der Waals surface area contributed by atoms with Gasteiger partial charge in [-0.25, -0.2) is 0 Å². The summed E-state index contributed by atoms with van der Waals surface area (Å²) in [7, 11) is 1.96. The van der Waals surface area contributed by atoms with Crippen LogP contribution in [0.15, 0.2) is 0 Å². The topological polar surface area (TPSA) is 39.1 Å². The van der Waals surface area contributed by atoms with Crippen molar-refractivity contribution in [2.45, 2.75) is 69.7 Å². The maximum absolute atomic E-state index is 9.54. The fourth-order valence-corrected chi connectivity index (χ4v) is 5.22. The summed E-state index contributed by atoms with van der Waals surface area (Å²) in [5, 5.41) is 12.9. The van der Waals surface area contributed by atoms with Crippen molar-refractivity contribution < 1.29 is 0 Å². The zero-order valence-electron chi connectivity index (χ0n) is 13.7. The van der Waals surface area contributed by atoms with E-state index >= 15 is 0 Å². The molecule has 2 aliphatic carbocycles. The first-order chi connectivity index (χ1) is 10.2. The van der Waals surface area contributed by atoms with Crippen LogP contribution in [0.3, 0.4) is 0 Å². The number of rotatable bonds is 4. The lowest BCUT2D eigenvalue weighted by Gasteiger charge is -2.40. The van der Waals surface area contributed by atoms with Crippen LogP contribution in [-0.2, 0) is 0 Å². The Balaban J connectivity index is 1.47. The number of nitrogens with zero attached hydrogens (tertiary/aromatic N) is 2. The molecule has 3 fully saturated rings. The van der Waals surface area contributed by atoms with Gasteiger partial charge in [-0.3, -0.25) is 0 Å². The lowest BCUT2D eigenvalue weighted by molar-refractivity contribution is 0.101. The zero-order chi connectivity index (χ0) is 14.8. The molecule has 3 rings (SSSR count). The van der Waals surface area contributed by atoms with Gasteiger partial charge in [0.2, 0.25) is 0 Å². The number of likely N-dealkylation sites (tertiary alicyclic amines) is 1. The van der Waals surface area contributed by atoms with Gasteiger partial charge >= 0.3 is 0 Å². The molecule has 3 nitrogen and oxygen atoms in total. The monoisotopic (exact) mass is 289 g/mol. The van der Waals surface area contributed by atoms with Crippen molar-refractivity contribution in [3.63, 3.8) is 0 Å². The van der Waals surface area contributed by atoms with E-state index in [1.807, 2.05) is 7.05 Å². The standard InChI is InChI=1S/C18H31N3/c1-20-18(15-19)9-4-5-16(18)6-12-21-13-10-17(11-14-21)7-2-3-8-17/h16,20H,2-14H2,1H3. The quantitative estimate of drug-likeness (QED) is 0.863. The highest BCUT2D eigenvalue weighted by atomic mass is 15.1. The Bertz CT molecular complexity index is 384. The molecule has 2 atom stereocenters. The van der Waals surface area contributed by atoms with Gasteiger partial charge < -0.3 is 10.2 Å². The average Bonchev–Trinajstić information content (AvgIpc) is 3.14. The number of hydrogen-bond acceptors (Lipinski definition) is 3. The second kappa shape index (κ2) is 6.26. The van der Waals surface area contributed by atoms with Gasteiger partial charge in [-0.2, -0.15) is 5.26 Å². The SMILES string of the molecule is CNC1(C#N)CCCC1CCN1CCC2(CCCC2)CC1. The predicted molar refractivity (Wildman–Crippen MR) is 85.9 cm³/mol. The predicted octanol–water partition coefficient (Wildman–Crippen LogP) is 3.31. The molecule has 2 saturated carbocycles. The fourth-order valence-electron chi connectivity index (χ4n) is 5.22. The first-order valence-corrected chi connectivity index (χ1v) is 9.05. The lowest BCUT2D eigenvalue weighted by atomic mass is 9.77. The number of nitriles is 1. The molecule has 0 aromatic rings. The number of hydrogen-bond donors (Lipinski definition) is 1. The van der Waals surface area contributed by atoms with E-state index in [4.69, 9.17) is 0 Å². The van der Waals surface area contributed by atoms with E-state index in [-0.39, 0.29) is 5.54 Å². The van der Waals surface area contributed by atoms with Crippen LogP contribution in [0.25, 0.3) is 0 Å². The molecule has 1 saturated heterocycles. The Kier molecular flexibility index (Phi) is 4.57. The lowest BCUT2D eigenvalue weighted by Crippen LogP contribution is -2.46. The van der Waals surface area contributed by atoms with Crippen LogP contribution in [0, 0.1) is 22.7 Å². The van der Waals surface area contributed by atoms with Crippen molar-refractivity contribution in [2.75, 3.05) is 26.7 Å². The molecule has 1 spiro atoms. The van der Waals surface area contributed by atoms with Crippen LogP contribution in [0.5, 0.6) is 0 Å². The summed E-state index contributed by atoms with van der Waals surface area (Å²) in [4.78, 5) is 2.67. The van der Waals surface area contributed by atoms with Gasteiger partial charge in [0, 0.05) is 0 Å². The minimum absolute atomic E-state index is 0.234. The highest BCUT2D eigenvalue weighted by Crippen LogP contribution is 2.46. The molecule has 0 aromatic carbocycles. The van der Waals surface area contributed by atoms with Crippen molar-refractivity contribution in [2.24, 2.45) is 11.3 Å². The summed E-state index contributed by atoms with van der Waals surface area (Å²) in [6.07, 6.45) is 13.4. The smallest absolute Gasteiger partial charge is 0.109 e. The summed E-state index contributed by atoms with van der Waals surface area (Å²) < 4.78 is 0. The molecular weight excluding hydrogens is 258 g/mol. The maximum atomic E-state index is 9.54. The third-order valence-corrected chi connectivity index (χ3v) is 6.84. The minimum atomic E-state index is -0.234. The first kappa shape index (κ1) is 15.3. The highest BCUT2D eigenvalue weighted by Gasteiger charge is 2.42. The summed E-state index contributed by atoms with van der Waals surface area (Å²) in [6, 6.07) is 2.57. The zero-order valence-corrected chi connectivity index (χ0v) is 13.7. The molecule has 2 unspecified atom stereocenters. The minimum Gasteiger partial charge on any atom is -0.303 e. The van der Waals surface area contributed by atoms with Crippen molar-refractivity contribution in [1.29, 1.82) is 5.26 Å². The van der Waals surface area contributed by atoms with Gasteiger partial charge in [-0.05, 0) is 83.0 Å². The Morgan fingerprint density at radius 1 is 1.10 bits per heavy atom. The molecule has 1 aliphatic heterocycles. The molecule has 0 aromatic heterocycles. The normalized spacial score (nSPS) is 36.1. The first-order valence-electron chi connectivity index (χ1n) is 9.05. The van der Waals surface area contributed by atoms with Crippen LogP contribution in [0.2, 0.25) is 0 Å². The molecule has 3 heteroatoms. The number of nitrogens with one attached hydrogen (secondary N) is 1. The summed E-state index contributed by atoms with van der Waals surface area (Å²) in [5.41, 5.74) is 0.494. The van der Waals surface area contributed by atoms with Crippen LogP contribution >= 0.6 is 0 Å². The molecule has 1 heterocycles. The second-order valence-electron chi connectivity index (χ2n) is 7.76. The fraction of sp³-hybridized carbons (Fsp3) is 0.944. The molecule has 21 heavy (non-hydrogen) atoms. The van der Waals surface area contributed by atoms with E-state index in [1.54, 1.807) is 0 Å². The Labute approximate surface area is 130 Å². The van der Waals surface area contributed by atoms with Crippen LogP contribution in [0.1, 0.15) is 64.2 Å². The highest BCUT2D eigenvalue weighted by molar-refractivity contribution is 5.13. The molecular formula is C18H31N3. The van der Waals surface area contributed by atoms with Crippen LogP contribution in [-0.4, -0.2) is 37.1 Å². The van der Waals surface area contributed by atoms with Gasteiger partial charge in [-0.1, -0.05) is 19.3 Å².